The Bertz CT molecular complexity index is 661. The van der Waals surface area contributed by atoms with E-state index in [1.807, 2.05) is 25.1 Å². The van der Waals surface area contributed by atoms with Gasteiger partial charge in [-0.3, -0.25) is 0 Å². The zero-order valence-corrected chi connectivity index (χ0v) is 13.6. The molecule has 1 unspecified atom stereocenters. The SMILES string of the molecule is CC(NC(=O)N(C)CC(C)(C)O)c1ccc2ccccc2c1. The maximum Gasteiger partial charge on any atom is 0.317 e. The number of urea groups is 1. The van der Waals surface area contributed by atoms with Crippen LogP contribution in [-0.2, 0) is 0 Å². The molecule has 0 saturated heterocycles. The summed E-state index contributed by atoms with van der Waals surface area (Å²) < 4.78 is 0. The van der Waals surface area contributed by atoms with E-state index in [-0.39, 0.29) is 18.6 Å². The summed E-state index contributed by atoms with van der Waals surface area (Å²) in [5.74, 6) is 0. The number of nitrogens with one attached hydrogen (secondary N) is 1. The highest BCUT2D eigenvalue weighted by Crippen LogP contribution is 2.20. The molecule has 2 aromatic carbocycles. The van der Waals surface area contributed by atoms with Crippen LogP contribution in [0.4, 0.5) is 4.79 Å². The van der Waals surface area contributed by atoms with Crippen LogP contribution in [0.25, 0.3) is 10.8 Å². The summed E-state index contributed by atoms with van der Waals surface area (Å²) >= 11 is 0. The summed E-state index contributed by atoms with van der Waals surface area (Å²) in [6.45, 7) is 5.61. The van der Waals surface area contributed by atoms with Crippen molar-refractivity contribution in [2.24, 2.45) is 0 Å². The number of fused-ring (bicyclic) bond motifs is 1. The van der Waals surface area contributed by atoms with Gasteiger partial charge in [-0.1, -0.05) is 36.4 Å². The number of hydrogen-bond donors (Lipinski definition) is 2. The average molecular weight is 300 g/mol. The molecule has 2 N–H and O–H groups in total. The highest BCUT2D eigenvalue weighted by Gasteiger charge is 2.20. The Morgan fingerprint density at radius 1 is 1.23 bits per heavy atom. The molecule has 0 aromatic heterocycles. The van der Waals surface area contributed by atoms with Gasteiger partial charge in [0, 0.05) is 7.05 Å². The molecule has 4 heteroatoms. The van der Waals surface area contributed by atoms with Gasteiger partial charge in [-0.05, 0) is 43.2 Å². The van der Waals surface area contributed by atoms with Crippen molar-refractivity contribution >= 4 is 16.8 Å². The molecule has 0 aliphatic heterocycles. The molecular formula is C18H24N2O2. The summed E-state index contributed by atoms with van der Waals surface area (Å²) in [6.07, 6.45) is 0. The van der Waals surface area contributed by atoms with E-state index < -0.39 is 5.60 Å². The van der Waals surface area contributed by atoms with Crippen molar-refractivity contribution in [3.63, 3.8) is 0 Å². The lowest BCUT2D eigenvalue weighted by Crippen LogP contribution is -2.45. The van der Waals surface area contributed by atoms with Crippen LogP contribution >= 0.6 is 0 Å². The number of aliphatic hydroxyl groups is 1. The lowest BCUT2D eigenvalue weighted by Gasteiger charge is -2.27. The van der Waals surface area contributed by atoms with E-state index in [4.69, 9.17) is 0 Å². The fourth-order valence-electron chi connectivity index (χ4n) is 2.51. The van der Waals surface area contributed by atoms with Crippen molar-refractivity contribution < 1.29 is 9.90 Å². The van der Waals surface area contributed by atoms with Gasteiger partial charge < -0.3 is 15.3 Å². The Labute approximate surface area is 131 Å². The maximum atomic E-state index is 12.2. The number of nitrogens with zero attached hydrogens (tertiary/aromatic N) is 1. The van der Waals surface area contributed by atoms with Crippen molar-refractivity contribution in [2.45, 2.75) is 32.4 Å². The van der Waals surface area contributed by atoms with E-state index in [2.05, 4.69) is 29.6 Å². The van der Waals surface area contributed by atoms with Crippen LogP contribution in [0.2, 0.25) is 0 Å². The van der Waals surface area contributed by atoms with Crippen LogP contribution in [0.1, 0.15) is 32.4 Å². The number of amides is 2. The molecule has 118 valence electrons. The molecule has 0 aliphatic carbocycles. The van der Waals surface area contributed by atoms with Gasteiger partial charge in [-0.25, -0.2) is 4.79 Å². The molecule has 22 heavy (non-hydrogen) atoms. The van der Waals surface area contributed by atoms with Gasteiger partial charge in [-0.2, -0.15) is 0 Å². The smallest absolute Gasteiger partial charge is 0.317 e. The van der Waals surface area contributed by atoms with Gasteiger partial charge in [0.1, 0.15) is 0 Å². The van der Waals surface area contributed by atoms with E-state index in [1.165, 1.54) is 10.3 Å². The molecule has 0 heterocycles. The van der Waals surface area contributed by atoms with Crippen molar-refractivity contribution in [3.05, 3.63) is 48.0 Å². The highest BCUT2D eigenvalue weighted by molar-refractivity contribution is 5.83. The van der Waals surface area contributed by atoms with Crippen LogP contribution in [0, 0.1) is 0 Å². The van der Waals surface area contributed by atoms with Crippen molar-refractivity contribution in [1.29, 1.82) is 0 Å². The normalized spacial score (nSPS) is 13.0. The summed E-state index contributed by atoms with van der Waals surface area (Å²) in [6, 6.07) is 14.1. The minimum absolute atomic E-state index is 0.0960. The molecule has 2 rings (SSSR count). The molecule has 4 nitrogen and oxygen atoms in total. The Balaban J connectivity index is 2.07. The van der Waals surface area contributed by atoms with E-state index in [1.54, 1.807) is 20.9 Å². The second kappa shape index (κ2) is 6.36. The number of carbonyl (C=O) groups is 1. The zero-order valence-electron chi connectivity index (χ0n) is 13.6. The van der Waals surface area contributed by atoms with Crippen molar-refractivity contribution in [3.8, 4) is 0 Å². The largest absolute Gasteiger partial charge is 0.389 e. The minimum atomic E-state index is -0.904. The summed E-state index contributed by atoms with van der Waals surface area (Å²) in [5, 5.41) is 15.1. The average Bonchev–Trinajstić information content (AvgIpc) is 2.44. The predicted molar refractivity (Wildman–Crippen MR) is 89.8 cm³/mol. The zero-order chi connectivity index (χ0) is 16.3. The van der Waals surface area contributed by atoms with Gasteiger partial charge in [-0.15, -0.1) is 0 Å². The topological polar surface area (TPSA) is 52.6 Å². The fourth-order valence-corrected chi connectivity index (χ4v) is 2.51. The summed E-state index contributed by atoms with van der Waals surface area (Å²) in [5.41, 5.74) is 0.155. The van der Waals surface area contributed by atoms with Crippen molar-refractivity contribution in [1.82, 2.24) is 10.2 Å². The monoisotopic (exact) mass is 300 g/mol. The Morgan fingerprint density at radius 3 is 2.50 bits per heavy atom. The molecule has 0 spiro atoms. The molecule has 2 amide bonds. The fraction of sp³-hybridized carbons (Fsp3) is 0.389. The number of carbonyl (C=O) groups excluding carboxylic acids is 1. The number of benzene rings is 2. The minimum Gasteiger partial charge on any atom is -0.389 e. The van der Waals surface area contributed by atoms with Gasteiger partial charge in [0.05, 0.1) is 18.2 Å². The standard InChI is InChI=1S/C18H24N2O2/c1-13(19-17(21)20(4)12-18(2,3)22)15-10-9-14-7-5-6-8-16(14)11-15/h5-11,13,22H,12H2,1-4H3,(H,19,21). The molecule has 0 bridgehead atoms. The summed E-state index contributed by atoms with van der Waals surface area (Å²) in [7, 11) is 1.68. The molecule has 0 radical (unpaired) electrons. The van der Waals surface area contributed by atoms with E-state index in [0.717, 1.165) is 10.9 Å². The number of hydrogen-bond acceptors (Lipinski definition) is 2. The molecule has 2 aromatic rings. The van der Waals surface area contributed by atoms with Crippen molar-refractivity contribution in [2.75, 3.05) is 13.6 Å². The Morgan fingerprint density at radius 2 is 1.86 bits per heavy atom. The third-order valence-electron chi connectivity index (χ3n) is 3.58. The first kappa shape index (κ1) is 16.3. The Kier molecular flexibility index (Phi) is 4.71. The van der Waals surface area contributed by atoms with Gasteiger partial charge >= 0.3 is 6.03 Å². The highest BCUT2D eigenvalue weighted by atomic mass is 16.3. The Hall–Kier alpha value is -2.07. The first-order valence-corrected chi connectivity index (χ1v) is 7.49. The first-order chi connectivity index (χ1) is 10.3. The maximum absolute atomic E-state index is 12.2. The molecule has 1 atom stereocenters. The number of rotatable bonds is 4. The first-order valence-electron chi connectivity index (χ1n) is 7.49. The van der Waals surface area contributed by atoms with Crippen LogP contribution in [-0.4, -0.2) is 35.2 Å². The quantitative estimate of drug-likeness (QED) is 0.910. The van der Waals surface area contributed by atoms with Gasteiger partial charge in [0.15, 0.2) is 0 Å². The van der Waals surface area contributed by atoms with E-state index in [9.17, 15) is 9.90 Å². The van der Waals surface area contributed by atoms with Gasteiger partial charge in [0.2, 0.25) is 0 Å². The van der Waals surface area contributed by atoms with Crippen LogP contribution in [0.3, 0.4) is 0 Å². The number of likely N-dealkylation sites (N-methyl/N-ethyl adjacent to an activating group) is 1. The van der Waals surface area contributed by atoms with Gasteiger partial charge in [0.25, 0.3) is 0 Å². The third kappa shape index (κ3) is 4.21. The molecule has 0 saturated carbocycles. The van der Waals surface area contributed by atoms with E-state index in [0.29, 0.717) is 0 Å². The van der Waals surface area contributed by atoms with Crippen LogP contribution in [0.15, 0.2) is 42.5 Å². The molecule has 0 fully saturated rings. The molecule has 0 aliphatic rings. The lowest BCUT2D eigenvalue weighted by atomic mass is 10.0. The third-order valence-corrected chi connectivity index (χ3v) is 3.58. The second-order valence-electron chi connectivity index (χ2n) is 6.45. The second-order valence-corrected chi connectivity index (χ2v) is 6.45. The van der Waals surface area contributed by atoms with Crippen LogP contribution in [0.5, 0.6) is 0 Å². The van der Waals surface area contributed by atoms with Crippen LogP contribution < -0.4 is 5.32 Å². The van der Waals surface area contributed by atoms with E-state index >= 15 is 0 Å². The lowest BCUT2D eigenvalue weighted by molar-refractivity contribution is 0.0528. The molecular weight excluding hydrogens is 276 g/mol. The predicted octanol–water partition coefficient (Wildman–Crippen LogP) is 3.31. The summed E-state index contributed by atoms with van der Waals surface area (Å²) in [4.78, 5) is 13.7.